The second-order valence-electron chi connectivity index (χ2n) is 7.03. The molecule has 0 unspecified atom stereocenters. The smallest absolute Gasteiger partial charge is 0.107 e. The van der Waals surface area contributed by atoms with E-state index in [1.165, 1.54) is 25.9 Å². The third-order valence-corrected chi connectivity index (χ3v) is 5.54. The molecule has 1 aliphatic carbocycles. The monoisotopic (exact) mass is 324 g/mol. The molecule has 0 spiro atoms. The number of likely N-dealkylation sites (tertiary alicyclic amines) is 1. The van der Waals surface area contributed by atoms with Crippen molar-refractivity contribution < 1.29 is 5.11 Å². The van der Waals surface area contributed by atoms with Crippen LogP contribution in [0.4, 0.5) is 0 Å². The minimum atomic E-state index is -0.781. The fourth-order valence-corrected chi connectivity index (χ4v) is 4.08. The third-order valence-electron chi connectivity index (χ3n) is 5.54. The first-order valence-electron chi connectivity index (χ1n) is 8.94. The second kappa shape index (κ2) is 6.57. The molecule has 0 bridgehead atoms. The van der Waals surface area contributed by atoms with Crippen molar-refractivity contribution in [2.24, 2.45) is 0 Å². The maximum Gasteiger partial charge on any atom is 0.107 e. The summed E-state index contributed by atoms with van der Waals surface area (Å²) >= 11 is 0. The van der Waals surface area contributed by atoms with Crippen molar-refractivity contribution in [1.82, 2.24) is 19.9 Å². The van der Waals surface area contributed by atoms with Gasteiger partial charge < -0.3 is 10.0 Å². The Balaban J connectivity index is 1.45. The molecule has 2 aromatic heterocycles. The molecule has 2 aromatic rings. The zero-order valence-electron chi connectivity index (χ0n) is 13.9. The minimum Gasteiger partial charge on any atom is -0.384 e. The van der Waals surface area contributed by atoms with E-state index in [0.717, 1.165) is 42.6 Å². The number of aliphatic hydroxyl groups is 1. The van der Waals surface area contributed by atoms with E-state index in [1.54, 1.807) is 24.8 Å². The summed E-state index contributed by atoms with van der Waals surface area (Å²) in [6, 6.07) is 4.57. The van der Waals surface area contributed by atoms with Gasteiger partial charge in [-0.05, 0) is 63.7 Å². The predicted molar refractivity (Wildman–Crippen MR) is 92.2 cm³/mol. The Morgan fingerprint density at radius 1 is 1.00 bits per heavy atom. The Kier molecular flexibility index (Phi) is 4.29. The lowest BCUT2D eigenvalue weighted by molar-refractivity contribution is -0.0255. The van der Waals surface area contributed by atoms with E-state index in [4.69, 9.17) is 0 Å². The molecule has 0 radical (unpaired) electrons. The van der Waals surface area contributed by atoms with E-state index in [1.807, 2.05) is 12.1 Å². The molecule has 126 valence electrons. The molecule has 5 nitrogen and oxygen atoms in total. The van der Waals surface area contributed by atoms with Crippen molar-refractivity contribution in [3.05, 3.63) is 42.6 Å². The summed E-state index contributed by atoms with van der Waals surface area (Å²) in [5, 5.41) is 11.1. The van der Waals surface area contributed by atoms with E-state index in [9.17, 15) is 5.11 Å². The molecule has 0 aromatic carbocycles. The van der Waals surface area contributed by atoms with Crippen molar-refractivity contribution >= 4 is 0 Å². The van der Waals surface area contributed by atoms with Gasteiger partial charge in [-0.25, -0.2) is 0 Å². The number of hydrogen-bond acceptors (Lipinski definition) is 5. The number of pyridine rings is 1. The topological polar surface area (TPSA) is 62.1 Å². The highest BCUT2D eigenvalue weighted by molar-refractivity contribution is 5.56. The zero-order chi connectivity index (χ0) is 16.4. The number of nitrogens with zero attached hydrogens (tertiary/aromatic N) is 4. The van der Waals surface area contributed by atoms with Crippen LogP contribution in [0.5, 0.6) is 0 Å². The van der Waals surface area contributed by atoms with Crippen LogP contribution in [0.15, 0.2) is 36.9 Å². The van der Waals surface area contributed by atoms with Crippen LogP contribution >= 0.6 is 0 Å². The molecule has 1 saturated carbocycles. The van der Waals surface area contributed by atoms with Crippen LogP contribution in [0.3, 0.4) is 0 Å². The van der Waals surface area contributed by atoms with Gasteiger partial charge in [-0.2, -0.15) is 0 Å². The summed E-state index contributed by atoms with van der Waals surface area (Å²) in [5.41, 5.74) is 1.74. The molecule has 2 aliphatic rings. The van der Waals surface area contributed by atoms with E-state index in [2.05, 4.69) is 19.9 Å². The minimum absolute atomic E-state index is 0.645. The van der Waals surface area contributed by atoms with E-state index in [-0.39, 0.29) is 0 Å². The van der Waals surface area contributed by atoms with Gasteiger partial charge in [0.05, 0.1) is 17.6 Å². The Bertz CT molecular complexity index is 660. The van der Waals surface area contributed by atoms with Gasteiger partial charge in [0.25, 0.3) is 0 Å². The first-order chi connectivity index (χ1) is 11.7. The fraction of sp³-hybridized carbons (Fsp3) is 0.526. The Morgan fingerprint density at radius 2 is 1.79 bits per heavy atom. The highest BCUT2D eigenvalue weighted by Gasteiger charge is 2.38. The van der Waals surface area contributed by atoms with Crippen molar-refractivity contribution in [3.63, 3.8) is 0 Å². The molecule has 3 heterocycles. The van der Waals surface area contributed by atoms with E-state index < -0.39 is 5.60 Å². The predicted octanol–water partition coefficient (Wildman–Crippen LogP) is 2.76. The Hall–Kier alpha value is -1.85. The number of rotatable bonds is 3. The average molecular weight is 324 g/mol. The normalized spacial score (nSPS) is 28.1. The van der Waals surface area contributed by atoms with Crippen molar-refractivity contribution in [3.8, 4) is 11.3 Å². The number of aromatic nitrogens is 3. The van der Waals surface area contributed by atoms with Gasteiger partial charge in [-0.15, -0.1) is 0 Å². The molecule has 1 N–H and O–H groups in total. The molecular formula is C19H24N4O. The lowest BCUT2D eigenvalue weighted by Gasteiger charge is -2.39. The summed E-state index contributed by atoms with van der Waals surface area (Å²) < 4.78 is 0. The summed E-state index contributed by atoms with van der Waals surface area (Å²) in [6.07, 6.45) is 13.2. The SMILES string of the molecule is OC1(c2ccc(-c3cnccn3)cn2)CCC(N2CCCC2)CC1. The van der Waals surface area contributed by atoms with Crippen LogP contribution in [0.2, 0.25) is 0 Å². The van der Waals surface area contributed by atoms with Crippen LogP contribution in [-0.2, 0) is 5.60 Å². The van der Waals surface area contributed by atoms with Gasteiger partial charge in [0.1, 0.15) is 5.60 Å². The quantitative estimate of drug-likeness (QED) is 0.940. The largest absolute Gasteiger partial charge is 0.384 e. The summed E-state index contributed by atoms with van der Waals surface area (Å²) in [4.78, 5) is 15.5. The van der Waals surface area contributed by atoms with E-state index in [0.29, 0.717) is 6.04 Å². The molecule has 1 saturated heterocycles. The summed E-state index contributed by atoms with van der Waals surface area (Å²) in [5.74, 6) is 0. The molecule has 1 aliphatic heterocycles. The molecule has 0 amide bonds. The van der Waals surface area contributed by atoms with Crippen LogP contribution in [-0.4, -0.2) is 44.1 Å². The Labute approximate surface area is 142 Å². The number of hydrogen-bond donors (Lipinski definition) is 1. The standard InChI is InChI=1S/C19H24N4O/c24-19(7-5-16(6-8-19)23-11-1-2-12-23)18-4-3-15(13-22-18)17-14-20-9-10-21-17/h3-4,9-10,13-14,16,24H,1-2,5-8,11-12H2. The van der Waals surface area contributed by atoms with Crippen LogP contribution in [0.25, 0.3) is 11.3 Å². The maximum absolute atomic E-state index is 11.1. The van der Waals surface area contributed by atoms with Gasteiger partial charge in [-0.3, -0.25) is 15.0 Å². The maximum atomic E-state index is 11.1. The third kappa shape index (κ3) is 3.06. The summed E-state index contributed by atoms with van der Waals surface area (Å²) in [7, 11) is 0. The van der Waals surface area contributed by atoms with Gasteiger partial charge >= 0.3 is 0 Å². The van der Waals surface area contributed by atoms with Crippen molar-refractivity contribution in [2.75, 3.05) is 13.1 Å². The molecule has 2 fully saturated rings. The van der Waals surface area contributed by atoms with Gasteiger partial charge in [0, 0.05) is 30.2 Å². The molecular weight excluding hydrogens is 300 g/mol. The second-order valence-corrected chi connectivity index (χ2v) is 7.03. The molecule has 24 heavy (non-hydrogen) atoms. The van der Waals surface area contributed by atoms with E-state index >= 15 is 0 Å². The van der Waals surface area contributed by atoms with Gasteiger partial charge in [0.15, 0.2) is 0 Å². The lowest BCUT2D eigenvalue weighted by Crippen LogP contribution is -2.41. The Morgan fingerprint density at radius 3 is 2.42 bits per heavy atom. The molecule has 0 atom stereocenters. The van der Waals surface area contributed by atoms with Crippen molar-refractivity contribution in [2.45, 2.75) is 50.2 Å². The average Bonchev–Trinajstić information content (AvgIpc) is 3.18. The van der Waals surface area contributed by atoms with Gasteiger partial charge in [0.2, 0.25) is 0 Å². The highest BCUT2D eigenvalue weighted by Crippen LogP contribution is 2.38. The first kappa shape index (κ1) is 15.7. The van der Waals surface area contributed by atoms with Crippen LogP contribution in [0, 0.1) is 0 Å². The first-order valence-corrected chi connectivity index (χ1v) is 8.94. The van der Waals surface area contributed by atoms with Crippen LogP contribution in [0.1, 0.15) is 44.2 Å². The summed E-state index contributed by atoms with van der Waals surface area (Å²) in [6.45, 7) is 2.46. The lowest BCUT2D eigenvalue weighted by atomic mass is 9.79. The fourth-order valence-electron chi connectivity index (χ4n) is 4.08. The van der Waals surface area contributed by atoms with Crippen molar-refractivity contribution in [1.29, 1.82) is 0 Å². The highest BCUT2D eigenvalue weighted by atomic mass is 16.3. The molecule has 4 rings (SSSR count). The van der Waals surface area contributed by atoms with Crippen LogP contribution < -0.4 is 0 Å². The van der Waals surface area contributed by atoms with Gasteiger partial charge in [-0.1, -0.05) is 0 Å². The zero-order valence-corrected chi connectivity index (χ0v) is 13.9. The molecule has 5 heteroatoms.